The molecule has 0 atom stereocenters. The van der Waals surface area contributed by atoms with E-state index in [2.05, 4.69) is 494 Å². The Hall–Kier alpha value is -18.4. The van der Waals surface area contributed by atoms with Gasteiger partial charge in [-0.1, -0.05) is 340 Å². The van der Waals surface area contributed by atoms with Crippen LogP contribution in [0.1, 0.15) is 0 Å². The van der Waals surface area contributed by atoms with Gasteiger partial charge in [0.1, 0.15) is 39.3 Å². The molecule has 4 aromatic heterocycles. The zero-order chi connectivity index (χ0) is 91.4. The number of para-hydroxylation sites is 3. The van der Waals surface area contributed by atoms with E-state index in [9.17, 15) is 0 Å². The molecule has 0 N–H and O–H groups in total. The quantitative estimate of drug-likeness (QED) is 0.101. The van der Waals surface area contributed by atoms with E-state index >= 15 is 0 Å². The molecular formula is C131H86N4O3. The van der Waals surface area contributed by atoms with Gasteiger partial charge < -0.3 is 23.1 Å². The Kier molecular flexibility index (Phi) is 20.8. The molecule has 0 saturated heterocycles. The number of pyridine rings is 1. The second-order valence-electron chi connectivity index (χ2n) is 35.3. The minimum absolute atomic E-state index is 0.832. The molecule has 0 saturated carbocycles. The number of rotatable bonds is 15. The Labute approximate surface area is 797 Å². The van der Waals surface area contributed by atoms with Gasteiger partial charge in [0.25, 0.3) is 0 Å². The van der Waals surface area contributed by atoms with Crippen molar-refractivity contribution in [2.24, 2.45) is 0 Å². The number of aromatic nitrogens is 1. The number of anilines is 9. The molecule has 138 heavy (non-hydrogen) atoms. The smallest absolute Gasteiger partial charge is 0.137 e. The summed E-state index contributed by atoms with van der Waals surface area (Å²) in [5, 5.41) is 21.7. The molecule has 27 aromatic rings. The van der Waals surface area contributed by atoms with Gasteiger partial charge in [-0.2, -0.15) is 0 Å². The van der Waals surface area contributed by atoms with Gasteiger partial charge in [0, 0.05) is 102 Å². The molecule has 0 aliphatic rings. The summed E-state index contributed by atoms with van der Waals surface area (Å²) in [6.45, 7) is 0. The Morgan fingerprint density at radius 2 is 0.377 bits per heavy atom. The predicted octanol–water partition coefficient (Wildman–Crippen LogP) is 37.5. The molecule has 0 spiro atoms. The molecule has 0 aliphatic heterocycles. The highest BCUT2D eigenvalue weighted by atomic mass is 16.3. The molecule has 7 nitrogen and oxygen atoms in total. The van der Waals surface area contributed by atoms with Crippen molar-refractivity contribution in [1.82, 2.24) is 4.98 Å². The van der Waals surface area contributed by atoms with Crippen LogP contribution in [-0.2, 0) is 0 Å². The van der Waals surface area contributed by atoms with Crippen molar-refractivity contribution in [3.8, 4) is 66.8 Å². The maximum Gasteiger partial charge on any atom is 0.137 e. The Morgan fingerprint density at radius 3 is 0.703 bits per heavy atom. The van der Waals surface area contributed by atoms with Crippen LogP contribution in [0.3, 0.4) is 0 Å². The minimum atomic E-state index is 0.832. The zero-order valence-corrected chi connectivity index (χ0v) is 75.2. The first kappa shape index (κ1) is 81.6. The summed E-state index contributed by atoms with van der Waals surface area (Å²) in [5.41, 5.74) is 27.9. The van der Waals surface area contributed by atoms with E-state index in [4.69, 9.17) is 18.2 Å². The van der Waals surface area contributed by atoms with Crippen LogP contribution in [0.4, 0.5) is 51.3 Å². The maximum atomic E-state index is 6.32. The average molecular weight is 1760 g/mol. The van der Waals surface area contributed by atoms with Crippen LogP contribution in [0.2, 0.25) is 0 Å². The van der Waals surface area contributed by atoms with E-state index in [1.807, 2.05) is 42.6 Å². The number of furan rings is 3. The third-order valence-corrected chi connectivity index (χ3v) is 27.0. The third kappa shape index (κ3) is 15.7. The predicted molar refractivity (Wildman–Crippen MR) is 581 cm³/mol. The lowest BCUT2D eigenvalue weighted by atomic mass is 9.98. The fourth-order valence-electron chi connectivity index (χ4n) is 19.9. The lowest BCUT2D eigenvalue weighted by Gasteiger charge is -2.26. The molecule has 27 rings (SSSR count). The minimum Gasteiger partial charge on any atom is -0.456 e. The molecule has 0 bridgehead atoms. The van der Waals surface area contributed by atoms with Gasteiger partial charge in [0.2, 0.25) is 0 Å². The van der Waals surface area contributed by atoms with Crippen molar-refractivity contribution < 1.29 is 13.3 Å². The number of hydrogen-bond acceptors (Lipinski definition) is 7. The lowest BCUT2D eigenvalue weighted by molar-refractivity contribution is 0.668. The first-order valence-electron chi connectivity index (χ1n) is 46.9. The first-order valence-corrected chi connectivity index (χ1v) is 46.9. The molecule has 0 amide bonds. The van der Waals surface area contributed by atoms with Crippen LogP contribution in [0.5, 0.6) is 0 Å². The van der Waals surface area contributed by atoms with Gasteiger partial charge in [0.05, 0.1) is 5.69 Å². The fourth-order valence-corrected chi connectivity index (χ4v) is 19.9. The van der Waals surface area contributed by atoms with E-state index in [-0.39, 0.29) is 0 Å². The van der Waals surface area contributed by atoms with Crippen LogP contribution in [0.15, 0.2) is 535 Å². The van der Waals surface area contributed by atoms with Crippen LogP contribution in [0.25, 0.3) is 197 Å². The monoisotopic (exact) mass is 1760 g/mol. The fraction of sp³-hybridized carbons (Fsp3) is 0. The zero-order valence-electron chi connectivity index (χ0n) is 75.2. The summed E-state index contributed by atoms with van der Waals surface area (Å²) < 4.78 is 18.9. The normalized spacial score (nSPS) is 11.5. The highest BCUT2D eigenvalue weighted by Gasteiger charge is 2.23. The molecule has 23 aromatic carbocycles. The number of nitrogens with zero attached hydrogens (tertiary/aromatic N) is 4. The molecule has 7 heteroatoms. The third-order valence-electron chi connectivity index (χ3n) is 27.0. The summed E-state index contributed by atoms with van der Waals surface area (Å²) in [6, 6.07) is 183. The van der Waals surface area contributed by atoms with E-state index in [1.165, 1.54) is 120 Å². The van der Waals surface area contributed by atoms with Gasteiger partial charge in [-0.25, -0.2) is 4.98 Å². The highest BCUT2D eigenvalue weighted by Crippen LogP contribution is 2.46. The van der Waals surface area contributed by atoms with Crippen molar-refractivity contribution in [1.29, 1.82) is 0 Å². The maximum absolute atomic E-state index is 6.32. The topological polar surface area (TPSA) is 62.0 Å². The Morgan fingerprint density at radius 1 is 0.138 bits per heavy atom. The van der Waals surface area contributed by atoms with E-state index < -0.39 is 0 Å². The van der Waals surface area contributed by atoms with Crippen LogP contribution < -0.4 is 14.7 Å². The molecule has 0 fully saturated rings. The van der Waals surface area contributed by atoms with Gasteiger partial charge in [-0.3, -0.25) is 4.90 Å². The van der Waals surface area contributed by atoms with Gasteiger partial charge >= 0.3 is 0 Å². The van der Waals surface area contributed by atoms with Gasteiger partial charge in [0.15, 0.2) is 0 Å². The van der Waals surface area contributed by atoms with E-state index in [0.717, 1.165) is 128 Å². The molecule has 4 heterocycles. The average Bonchev–Trinajstić information content (AvgIpc) is 1.57. The number of fused-ring (bicyclic) bond motifs is 15. The molecule has 0 radical (unpaired) electrons. The van der Waals surface area contributed by atoms with Crippen molar-refractivity contribution in [2.45, 2.75) is 0 Å². The van der Waals surface area contributed by atoms with Crippen molar-refractivity contribution in [3.63, 3.8) is 0 Å². The van der Waals surface area contributed by atoms with Gasteiger partial charge in [-0.05, 0) is 284 Å². The highest BCUT2D eigenvalue weighted by molar-refractivity contribution is 6.10. The summed E-state index contributed by atoms with van der Waals surface area (Å²) in [5.74, 6) is 0.832. The Bertz CT molecular complexity index is 8660. The molecule has 648 valence electrons. The second-order valence-corrected chi connectivity index (χ2v) is 35.3. The van der Waals surface area contributed by atoms with Crippen molar-refractivity contribution in [2.75, 3.05) is 14.7 Å². The Balaban J connectivity index is 0.000000110. The molecule has 0 unspecified atom stereocenters. The van der Waals surface area contributed by atoms with E-state index in [1.54, 1.807) is 0 Å². The summed E-state index contributed by atoms with van der Waals surface area (Å²) >= 11 is 0. The number of benzene rings is 23. The van der Waals surface area contributed by atoms with Gasteiger partial charge in [-0.15, -0.1) is 0 Å². The first-order chi connectivity index (χ1) is 68.3. The molecular weight excluding hydrogens is 1680 g/mol. The second kappa shape index (κ2) is 35.3. The SMILES string of the molecule is c1ccc2cc(-c3ccc(N(c4ccc(-c5ccc6ccccc6c5)cc4)c4ccc5c(c4)oc4ccccc45)cc3)ccc2c1.c1ccc2cc(-c3ccc(N(c4ccc(-c5cccc6ccccc56)cc4)c4ccc5c(c4)oc4ccccc45)cc3)ccc2c1.c1ccc2cc(-c3ccc(N(c4ccc5c(c4)oc4ccccc45)c4ccc(-c5ccc6ccccc6c5)cn4)cc3)ccc2c1. The number of hydrogen-bond donors (Lipinski definition) is 0. The molecule has 0 aliphatic carbocycles. The summed E-state index contributed by atoms with van der Waals surface area (Å²) in [4.78, 5) is 11.8. The lowest BCUT2D eigenvalue weighted by Crippen LogP contribution is -2.11. The summed E-state index contributed by atoms with van der Waals surface area (Å²) in [7, 11) is 0. The van der Waals surface area contributed by atoms with Crippen molar-refractivity contribution >= 4 is 182 Å². The van der Waals surface area contributed by atoms with Crippen molar-refractivity contribution in [3.05, 3.63) is 522 Å². The van der Waals surface area contributed by atoms with E-state index in [0.29, 0.717) is 0 Å². The standard InChI is InChI=1S/2C44H29NO.C43H28N2O/c1-3-9-34-27-36(15-13-30(34)7-1)32-17-21-38(22-18-32)45(40-25-26-42-41-11-5-6-12-43(41)46-44(42)29-40)39-23-19-33(20-24-39)37-16-14-31-8-2-4-10-35(31)28-37;1-2-10-34-28-35(17-16-30(34)8-1)31-18-22-36(23-19-31)45(38-26-27-42-41-13-5-6-15-43(41)46-44(42)29-38)37-24-20-33(21-25-37)40-14-7-11-32-9-3-4-12-39(32)40;1-3-9-32-25-34(15-13-29(32)7-1)31-17-20-37(21-18-31)45(38-22-23-40-39-11-5-6-12-41(39)46-42(40)27-38)43-24-19-36(28-44-43)35-16-14-30-8-2-4-10-33(30)26-35/h2*1-29H;1-28H. The van der Waals surface area contributed by atoms with Crippen LogP contribution in [-0.4, -0.2) is 4.98 Å². The van der Waals surface area contributed by atoms with Crippen LogP contribution >= 0.6 is 0 Å². The summed E-state index contributed by atoms with van der Waals surface area (Å²) in [6.07, 6.45) is 1.97. The van der Waals surface area contributed by atoms with Crippen LogP contribution in [0, 0.1) is 0 Å². The largest absolute Gasteiger partial charge is 0.456 e.